The van der Waals surface area contributed by atoms with E-state index in [1.54, 1.807) is 19.1 Å². The van der Waals surface area contributed by atoms with Crippen molar-refractivity contribution in [2.75, 3.05) is 12.3 Å². The molecule has 3 rings (SSSR count). The van der Waals surface area contributed by atoms with Gasteiger partial charge in [0.2, 0.25) is 0 Å². The molecule has 1 atom stereocenters. The topological polar surface area (TPSA) is 83.6 Å². The minimum atomic E-state index is -3.65. The number of hydrogen-bond acceptors (Lipinski definition) is 4. The molecule has 1 saturated heterocycles. The minimum Gasteiger partial charge on any atom is -0.319 e. The van der Waals surface area contributed by atoms with Crippen molar-refractivity contribution in [3.05, 3.63) is 64.7 Å². The van der Waals surface area contributed by atoms with E-state index >= 15 is 0 Å². The van der Waals surface area contributed by atoms with Crippen molar-refractivity contribution >= 4 is 33.4 Å². The van der Waals surface area contributed by atoms with E-state index in [0.717, 1.165) is 10.5 Å². The summed E-state index contributed by atoms with van der Waals surface area (Å²) in [4.78, 5) is 26.2. The average Bonchev–Trinajstić information content (AvgIpc) is 2.84. The molecule has 1 fully saturated rings. The molecule has 6 nitrogen and oxygen atoms in total. The summed E-state index contributed by atoms with van der Waals surface area (Å²) >= 11 is 5.78. The first-order chi connectivity index (χ1) is 12.6. The van der Waals surface area contributed by atoms with Gasteiger partial charge in [-0.15, -0.1) is 0 Å². The standard InChI is InChI=1S/C19H19ClN2O4S/c1-13-3-5-14(6-4-13)19(2)17(23)22(18(24)21-19)11-12-27(25,26)16-9-7-15(20)8-10-16/h3-10H,11-12H2,1-2H3,(H,21,24). The van der Waals surface area contributed by atoms with Crippen LogP contribution in [-0.4, -0.2) is 37.6 Å². The fourth-order valence-electron chi connectivity index (χ4n) is 2.95. The van der Waals surface area contributed by atoms with Crippen LogP contribution in [0, 0.1) is 6.92 Å². The van der Waals surface area contributed by atoms with E-state index < -0.39 is 27.3 Å². The van der Waals surface area contributed by atoms with Crippen LogP contribution in [0.3, 0.4) is 0 Å². The number of sulfone groups is 1. The molecule has 3 amide bonds. The van der Waals surface area contributed by atoms with Crippen LogP contribution in [0.5, 0.6) is 0 Å². The molecule has 1 heterocycles. The molecular weight excluding hydrogens is 388 g/mol. The highest BCUT2D eigenvalue weighted by Gasteiger charge is 2.49. The molecular formula is C19H19ClN2O4S. The Morgan fingerprint density at radius 1 is 1.04 bits per heavy atom. The predicted molar refractivity (Wildman–Crippen MR) is 102 cm³/mol. The van der Waals surface area contributed by atoms with Gasteiger partial charge in [-0.25, -0.2) is 13.2 Å². The lowest BCUT2D eigenvalue weighted by Gasteiger charge is -2.22. The Morgan fingerprint density at radius 3 is 2.22 bits per heavy atom. The minimum absolute atomic E-state index is 0.0975. The van der Waals surface area contributed by atoms with E-state index in [9.17, 15) is 18.0 Å². The molecule has 0 radical (unpaired) electrons. The number of amides is 3. The Hall–Kier alpha value is -2.38. The zero-order chi connectivity index (χ0) is 19.8. The lowest BCUT2D eigenvalue weighted by molar-refractivity contribution is -0.130. The lowest BCUT2D eigenvalue weighted by atomic mass is 9.91. The summed E-state index contributed by atoms with van der Waals surface area (Å²) in [7, 11) is -3.65. The van der Waals surface area contributed by atoms with Gasteiger partial charge in [0.1, 0.15) is 5.54 Å². The van der Waals surface area contributed by atoms with Gasteiger partial charge in [0.05, 0.1) is 10.6 Å². The largest absolute Gasteiger partial charge is 0.325 e. The first-order valence-electron chi connectivity index (χ1n) is 8.33. The predicted octanol–water partition coefficient (Wildman–Crippen LogP) is 2.89. The molecule has 27 heavy (non-hydrogen) atoms. The van der Waals surface area contributed by atoms with Crippen molar-refractivity contribution in [3.8, 4) is 0 Å². The summed E-state index contributed by atoms with van der Waals surface area (Å²) in [6.07, 6.45) is 0. The normalized spacial score (nSPS) is 20.0. The molecule has 0 saturated carbocycles. The SMILES string of the molecule is Cc1ccc(C2(C)NC(=O)N(CCS(=O)(=O)c3ccc(Cl)cc3)C2=O)cc1. The van der Waals surface area contributed by atoms with E-state index in [1.807, 2.05) is 19.1 Å². The third-order valence-electron chi connectivity index (χ3n) is 4.66. The number of urea groups is 1. The molecule has 8 heteroatoms. The summed E-state index contributed by atoms with van der Waals surface area (Å²) in [6.45, 7) is 3.32. The van der Waals surface area contributed by atoms with Gasteiger partial charge in [0, 0.05) is 11.6 Å². The maximum absolute atomic E-state index is 12.9. The second-order valence-corrected chi connectivity index (χ2v) is 9.20. The molecule has 0 aromatic heterocycles. The van der Waals surface area contributed by atoms with E-state index in [0.29, 0.717) is 10.6 Å². The summed E-state index contributed by atoms with van der Waals surface area (Å²) in [5.74, 6) is -0.833. The van der Waals surface area contributed by atoms with Crippen LogP contribution >= 0.6 is 11.6 Å². The molecule has 1 aliphatic rings. The van der Waals surface area contributed by atoms with Gasteiger partial charge in [-0.1, -0.05) is 41.4 Å². The van der Waals surface area contributed by atoms with Crippen LogP contribution in [0.2, 0.25) is 5.02 Å². The third-order valence-corrected chi connectivity index (χ3v) is 6.62. The number of hydrogen-bond donors (Lipinski definition) is 1. The fraction of sp³-hybridized carbons (Fsp3) is 0.263. The van der Waals surface area contributed by atoms with Gasteiger partial charge in [-0.3, -0.25) is 9.69 Å². The number of carbonyl (C=O) groups excluding carboxylic acids is 2. The smallest absolute Gasteiger partial charge is 0.319 e. The van der Waals surface area contributed by atoms with Gasteiger partial charge >= 0.3 is 6.03 Å². The van der Waals surface area contributed by atoms with Crippen LogP contribution in [0.1, 0.15) is 18.1 Å². The highest BCUT2D eigenvalue weighted by Crippen LogP contribution is 2.29. The Balaban J connectivity index is 1.78. The van der Waals surface area contributed by atoms with Gasteiger partial charge in [0.25, 0.3) is 5.91 Å². The van der Waals surface area contributed by atoms with Crippen molar-refractivity contribution in [2.24, 2.45) is 0 Å². The van der Waals surface area contributed by atoms with Crippen LogP contribution in [0.15, 0.2) is 53.4 Å². The number of aryl methyl sites for hydroxylation is 1. The van der Waals surface area contributed by atoms with Crippen molar-refractivity contribution in [1.82, 2.24) is 10.2 Å². The Labute approximate surface area is 163 Å². The van der Waals surface area contributed by atoms with E-state index in [1.165, 1.54) is 24.3 Å². The Bertz CT molecular complexity index is 987. The molecule has 0 bridgehead atoms. The molecule has 2 aromatic carbocycles. The highest BCUT2D eigenvalue weighted by atomic mass is 35.5. The average molecular weight is 407 g/mol. The quantitative estimate of drug-likeness (QED) is 0.774. The first-order valence-corrected chi connectivity index (χ1v) is 10.4. The van der Waals surface area contributed by atoms with Gasteiger partial charge in [0.15, 0.2) is 9.84 Å². The van der Waals surface area contributed by atoms with Crippen LogP contribution in [0.25, 0.3) is 0 Å². The molecule has 2 aromatic rings. The zero-order valence-corrected chi connectivity index (χ0v) is 16.5. The third kappa shape index (κ3) is 3.70. The molecule has 0 spiro atoms. The molecule has 1 aliphatic heterocycles. The number of halogens is 1. The Kier molecular flexibility index (Phi) is 5.01. The van der Waals surface area contributed by atoms with E-state index in [4.69, 9.17) is 11.6 Å². The van der Waals surface area contributed by atoms with Gasteiger partial charge < -0.3 is 5.32 Å². The highest BCUT2D eigenvalue weighted by molar-refractivity contribution is 7.91. The number of imide groups is 1. The molecule has 142 valence electrons. The number of rotatable bonds is 5. The maximum Gasteiger partial charge on any atom is 0.325 e. The fourth-order valence-corrected chi connectivity index (χ4v) is 4.29. The van der Waals surface area contributed by atoms with Crippen LogP contribution < -0.4 is 5.32 Å². The second-order valence-electron chi connectivity index (χ2n) is 6.65. The van der Waals surface area contributed by atoms with Crippen LogP contribution in [0.4, 0.5) is 4.79 Å². The summed E-state index contributed by atoms with van der Waals surface area (Å²) in [5, 5.41) is 3.10. The number of carbonyl (C=O) groups is 2. The zero-order valence-electron chi connectivity index (χ0n) is 14.9. The van der Waals surface area contributed by atoms with Crippen LogP contribution in [-0.2, 0) is 20.2 Å². The van der Waals surface area contributed by atoms with Gasteiger partial charge in [-0.05, 0) is 43.7 Å². The van der Waals surface area contributed by atoms with Crippen molar-refractivity contribution in [2.45, 2.75) is 24.3 Å². The molecule has 0 aliphatic carbocycles. The summed E-state index contributed by atoms with van der Waals surface area (Å²) in [6, 6.07) is 12.4. The van der Waals surface area contributed by atoms with Crippen molar-refractivity contribution in [1.29, 1.82) is 0 Å². The number of nitrogens with zero attached hydrogens (tertiary/aromatic N) is 1. The van der Waals surface area contributed by atoms with E-state index in [-0.39, 0.29) is 17.2 Å². The summed E-state index contributed by atoms with van der Waals surface area (Å²) < 4.78 is 24.9. The number of benzene rings is 2. The lowest BCUT2D eigenvalue weighted by Crippen LogP contribution is -2.41. The second kappa shape index (κ2) is 6.98. The monoisotopic (exact) mass is 406 g/mol. The van der Waals surface area contributed by atoms with Crippen molar-refractivity contribution < 1.29 is 18.0 Å². The number of nitrogens with one attached hydrogen (secondary N) is 1. The van der Waals surface area contributed by atoms with Crippen molar-refractivity contribution in [3.63, 3.8) is 0 Å². The summed E-state index contributed by atoms with van der Waals surface area (Å²) in [5.41, 5.74) is 0.467. The Morgan fingerprint density at radius 2 is 1.63 bits per heavy atom. The molecule has 1 N–H and O–H groups in total. The van der Waals surface area contributed by atoms with Gasteiger partial charge in [-0.2, -0.15) is 0 Å². The molecule has 1 unspecified atom stereocenters. The maximum atomic E-state index is 12.9. The van der Waals surface area contributed by atoms with E-state index in [2.05, 4.69) is 5.32 Å². The first kappa shape index (κ1) is 19.4.